The van der Waals surface area contributed by atoms with Crippen molar-refractivity contribution in [1.82, 2.24) is 9.88 Å². The highest BCUT2D eigenvalue weighted by Crippen LogP contribution is 2.34. The molecule has 2 rings (SSSR count). The van der Waals surface area contributed by atoms with Gasteiger partial charge in [0.25, 0.3) is 0 Å². The summed E-state index contributed by atoms with van der Waals surface area (Å²) >= 11 is 0. The SMILES string of the molecule is CN(C)Cc1nc(OC(N)=O)ccc1C1CCC(=O)C1. The van der Waals surface area contributed by atoms with Gasteiger partial charge in [0.2, 0.25) is 5.88 Å². The fourth-order valence-corrected chi connectivity index (χ4v) is 2.53. The molecule has 1 aromatic heterocycles. The number of ether oxygens (including phenoxy) is 1. The summed E-state index contributed by atoms with van der Waals surface area (Å²) in [5, 5.41) is 0. The number of primary amides is 1. The molecule has 0 aliphatic heterocycles. The molecular weight excluding hydrogens is 258 g/mol. The van der Waals surface area contributed by atoms with Crippen LogP contribution < -0.4 is 10.5 Å². The molecule has 1 aliphatic carbocycles. The van der Waals surface area contributed by atoms with Crippen molar-refractivity contribution < 1.29 is 14.3 Å². The van der Waals surface area contributed by atoms with E-state index in [-0.39, 0.29) is 11.8 Å². The lowest BCUT2D eigenvalue weighted by Gasteiger charge is -2.17. The van der Waals surface area contributed by atoms with Gasteiger partial charge in [0.15, 0.2) is 0 Å². The Balaban J connectivity index is 2.29. The number of carbonyl (C=O) groups is 2. The maximum absolute atomic E-state index is 11.5. The van der Waals surface area contributed by atoms with Gasteiger partial charge in [-0.1, -0.05) is 6.07 Å². The van der Waals surface area contributed by atoms with Gasteiger partial charge in [0.1, 0.15) is 5.78 Å². The van der Waals surface area contributed by atoms with E-state index < -0.39 is 6.09 Å². The lowest BCUT2D eigenvalue weighted by molar-refractivity contribution is -0.117. The van der Waals surface area contributed by atoms with E-state index in [2.05, 4.69) is 4.98 Å². The van der Waals surface area contributed by atoms with E-state index in [1.54, 1.807) is 6.07 Å². The number of amides is 1. The quantitative estimate of drug-likeness (QED) is 0.900. The standard InChI is InChI=1S/C14H19N3O3/c1-17(2)8-12-11(9-3-4-10(18)7-9)5-6-13(16-12)20-14(15)19/h5-6,9H,3-4,7-8H2,1-2H3,(H2,15,19). The third-order valence-electron chi connectivity index (χ3n) is 3.34. The van der Waals surface area contributed by atoms with Gasteiger partial charge in [-0.25, -0.2) is 9.78 Å². The third kappa shape index (κ3) is 3.54. The molecule has 1 heterocycles. The topological polar surface area (TPSA) is 85.5 Å². The number of Topliss-reactive ketones (excluding diaryl/α,β-unsaturated/α-hetero) is 1. The maximum Gasteiger partial charge on any atom is 0.411 e. The van der Waals surface area contributed by atoms with E-state index in [9.17, 15) is 9.59 Å². The number of carbonyl (C=O) groups excluding carboxylic acids is 2. The van der Waals surface area contributed by atoms with Crippen molar-refractivity contribution in [2.45, 2.75) is 31.7 Å². The molecule has 1 unspecified atom stereocenters. The predicted molar refractivity (Wildman–Crippen MR) is 73.4 cm³/mol. The molecule has 20 heavy (non-hydrogen) atoms. The van der Waals surface area contributed by atoms with Crippen LogP contribution >= 0.6 is 0 Å². The predicted octanol–water partition coefficient (Wildman–Crippen LogP) is 1.44. The fraction of sp³-hybridized carbons (Fsp3) is 0.500. The van der Waals surface area contributed by atoms with Crippen molar-refractivity contribution in [2.24, 2.45) is 5.73 Å². The van der Waals surface area contributed by atoms with Crippen LogP contribution in [-0.2, 0) is 11.3 Å². The average Bonchev–Trinajstić information content (AvgIpc) is 2.74. The molecule has 0 saturated heterocycles. The smallest absolute Gasteiger partial charge is 0.391 e. The molecule has 108 valence electrons. The fourth-order valence-electron chi connectivity index (χ4n) is 2.53. The van der Waals surface area contributed by atoms with E-state index in [1.165, 1.54) is 0 Å². The Hall–Kier alpha value is -1.95. The number of pyridine rings is 1. The normalized spacial score (nSPS) is 18.6. The number of hydrogen-bond donors (Lipinski definition) is 1. The van der Waals surface area contributed by atoms with E-state index in [0.717, 1.165) is 17.7 Å². The van der Waals surface area contributed by atoms with E-state index in [4.69, 9.17) is 10.5 Å². The second-order valence-corrected chi connectivity index (χ2v) is 5.32. The molecule has 1 aromatic rings. The number of ketones is 1. The van der Waals surface area contributed by atoms with E-state index >= 15 is 0 Å². The van der Waals surface area contributed by atoms with Gasteiger partial charge < -0.3 is 15.4 Å². The highest BCUT2D eigenvalue weighted by atomic mass is 16.6. The minimum Gasteiger partial charge on any atom is -0.391 e. The van der Waals surface area contributed by atoms with Crippen LogP contribution in [-0.4, -0.2) is 35.9 Å². The summed E-state index contributed by atoms with van der Waals surface area (Å²) in [6.45, 7) is 0.621. The molecule has 6 heteroatoms. The van der Waals surface area contributed by atoms with Crippen molar-refractivity contribution in [3.8, 4) is 5.88 Å². The molecule has 1 atom stereocenters. The molecule has 0 radical (unpaired) electrons. The first-order valence-electron chi connectivity index (χ1n) is 6.59. The zero-order chi connectivity index (χ0) is 14.7. The van der Waals surface area contributed by atoms with Crippen LogP contribution in [0.4, 0.5) is 4.79 Å². The highest BCUT2D eigenvalue weighted by molar-refractivity contribution is 5.81. The zero-order valence-corrected chi connectivity index (χ0v) is 11.8. The summed E-state index contributed by atoms with van der Waals surface area (Å²) < 4.78 is 4.82. The van der Waals surface area contributed by atoms with Gasteiger partial charge in [-0.15, -0.1) is 0 Å². The van der Waals surface area contributed by atoms with Crippen LogP contribution in [0, 0.1) is 0 Å². The number of aromatic nitrogens is 1. The van der Waals surface area contributed by atoms with E-state index in [0.29, 0.717) is 25.2 Å². The van der Waals surface area contributed by atoms with Crippen LogP contribution in [0.1, 0.15) is 36.4 Å². The van der Waals surface area contributed by atoms with Crippen LogP contribution in [0.2, 0.25) is 0 Å². The molecule has 0 bridgehead atoms. The molecule has 6 nitrogen and oxygen atoms in total. The Morgan fingerprint density at radius 1 is 1.50 bits per heavy atom. The van der Waals surface area contributed by atoms with Gasteiger partial charge in [-0.2, -0.15) is 0 Å². The molecule has 1 saturated carbocycles. The second kappa shape index (κ2) is 6.00. The largest absolute Gasteiger partial charge is 0.411 e. The molecule has 0 spiro atoms. The van der Waals surface area contributed by atoms with Crippen molar-refractivity contribution in [2.75, 3.05) is 14.1 Å². The van der Waals surface area contributed by atoms with Crippen molar-refractivity contribution in [3.63, 3.8) is 0 Å². The Morgan fingerprint density at radius 3 is 2.80 bits per heavy atom. The van der Waals surface area contributed by atoms with Gasteiger partial charge in [-0.3, -0.25) is 4.79 Å². The number of rotatable bonds is 4. The number of nitrogens with two attached hydrogens (primary N) is 1. The summed E-state index contributed by atoms with van der Waals surface area (Å²) in [7, 11) is 3.87. The van der Waals surface area contributed by atoms with Crippen molar-refractivity contribution in [1.29, 1.82) is 0 Å². The Kier molecular flexibility index (Phi) is 4.34. The lowest BCUT2D eigenvalue weighted by Crippen LogP contribution is -2.19. The lowest BCUT2D eigenvalue weighted by atomic mass is 9.96. The van der Waals surface area contributed by atoms with Crippen LogP contribution in [0.5, 0.6) is 5.88 Å². The van der Waals surface area contributed by atoms with Crippen molar-refractivity contribution in [3.05, 3.63) is 23.4 Å². The highest BCUT2D eigenvalue weighted by Gasteiger charge is 2.26. The minimum absolute atomic E-state index is 0.197. The third-order valence-corrected chi connectivity index (χ3v) is 3.34. The summed E-state index contributed by atoms with van der Waals surface area (Å²) in [6, 6.07) is 3.51. The summed E-state index contributed by atoms with van der Waals surface area (Å²) in [5.41, 5.74) is 6.88. The Bertz CT molecular complexity index is 528. The first kappa shape index (κ1) is 14.5. The van der Waals surface area contributed by atoms with Gasteiger partial charge in [0, 0.05) is 25.5 Å². The van der Waals surface area contributed by atoms with Crippen molar-refractivity contribution >= 4 is 11.9 Å². The average molecular weight is 277 g/mol. The Morgan fingerprint density at radius 2 is 2.25 bits per heavy atom. The molecule has 2 N–H and O–H groups in total. The first-order chi connectivity index (χ1) is 9.45. The number of hydrogen-bond acceptors (Lipinski definition) is 5. The van der Waals surface area contributed by atoms with Crippen LogP contribution in [0.15, 0.2) is 12.1 Å². The molecule has 1 aliphatic rings. The van der Waals surface area contributed by atoms with Crippen LogP contribution in [0.3, 0.4) is 0 Å². The monoisotopic (exact) mass is 277 g/mol. The second-order valence-electron chi connectivity index (χ2n) is 5.32. The zero-order valence-electron chi connectivity index (χ0n) is 11.8. The van der Waals surface area contributed by atoms with Crippen LogP contribution in [0.25, 0.3) is 0 Å². The van der Waals surface area contributed by atoms with Gasteiger partial charge in [-0.05, 0) is 32.0 Å². The summed E-state index contributed by atoms with van der Waals surface area (Å²) in [4.78, 5) is 28.6. The van der Waals surface area contributed by atoms with E-state index in [1.807, 2.05) is 25.1 Å². The number of nitrogens with zero attached hydrogens (tertiary/aromatic N) is 2. The molecule has 1 fully saturated rings. The maximum atomic E-state index is 11.5. The molecule has 1 amide bonds. The van der Waals surface area contributed by atoms with Gasteiger partial charge in [0.05, 0.1) is 5.69 Å². The minimum atomic E-state index is -0.878. The van der Waals surface area contributed by atoms with Gasteiger partial charge >= 0.3 is 6.09 Å². The summed E-state index contributed by atoms with van der Waals surface area (Å²) in [5.74, 6) is 0.707. The molecular formula is C14H19N3O3. The molecule has 0 aromatic carbocycles. The Labute approximate surface area is 117 Å². The first-order valence-corrected chi connectivity index (χ1v) is 6.59. The summed E-state index contributed by atoms with van der Waals surface area (Å²) in [6.07, 6.45) is 1.18.